The minimum absolute atomic E-state index is 0.00910. The van der Waals surface area contributed by atoms with Crippen LogP contribution in [-0.4, -0.2) is 68.5 Å². The van der Waals surface area contributed by atoms with Crippen molar-refractivity contribution in [2.75, 3.05) is 40.9 Å². The van der Waals surface area contributed by atoms with Gasteiger partial charge in [0.05, 0.1) is 39.9 Å². The highest BCUT2D eigenvalue weighted by Crippen LogP contribution is 2.38. The summed E-state index contributed by atoms with van der Waals surface area (Å²) in [6, 6.07) is -0.912. The Hall–Kier alpha value is -2.06. The second kappa shape index (κ2) is 66.4. The van der Waals surface area contributed by atoms with Gasteiger partial charge in [0.2, 0.25) is 5.91 Å². The summed E-state index contributed by atoms with van der Waals surface area (Å²) in [4.78, 5) is 25.6. The molecular formula is C76H143N2O6P. The van der Waals surface area contributed by atoms with Gasteiger partial charge in [-0.1, -0.05) is 337 Å². The number of aliphatic hydroxyl groups is 1. The third-order valence-electron chi connectivity index (χ3n) is 16.6. The van der Waals surface area contributed by atoms with Gasteiger partial charge in [-0.25, -0.2) is 0 Å². The van der Waals surface area contributed by atoms with E-state index in [0.717, 1.165) is 57.8 Å². The number of carbonyl (C=O) groups excluding carboxylic acids is 1. The average Bonchev–Trinajstić information content (AvgIpc) is 3.49. The van der Waals surface area contributed by atoms with E-state index in [1.165, 1.54) is 276 Å². The zero-order valence-electron chi connectivity index (χ0n) is 57.1. The minimum atomic E-state index is -4.62. The fraction of sp³-hybridized carbons (Fsp3) is 0.829. The van der Waals surface area contributed by atoms with Gasteiger partial charge in [-0.15, -0.1) is 0 Å². The van der Waals surface area contributed by atoms with Gasteiger partial charge < -0.3 is 28.8 Å². The molecule has 3 unspecified atom stereocenters. The van der Waals surface area contributed by atoms with Crippen LogP contribution in [0.5, 0.6) is 0 Å². The highest BCUT2D eigenvalue weighted by atomic mass is 31.2. The second-order valence-corrected chi connectivity index (χ2v) is 27.7. The number of unbranched alkanes of at least 4 members (excludes halogenated alkanes) is 45. The molecule has 2 N–H and O–H groups in total. The van der Waals surface area contributed by atoms with E-state index in [0.29, 0.717) is 17.4 Å². The van der Waals surface area contributed by atoms with Crippen LogP contribution in [0.4, 0.5) is 0 Å². The average molecular weight is 1210 g/mol. The Balaban J connectivity index is 4.01. The third-order valence-corrected chi connectivity index (χ3v) is 17.6. The molecule has 1 amide bonds. The van der Waals surface area contributed by atoms with E-state index in [1.54, 1.807) is 6.08 Å². The van der Waals surface area contributed by atoms with Gasteiger partial charge in [0.1, 0.15) is 13.2 Å². The fourth-order valence-corrected chi connectivity index (χ4v) is 11.6. The molecule has 0 aliphatic heterocycles. The Morgan fingerprint density at radius 1 is 0.412 bits per heavy atom. The van der Waals surface area contributed by atoms with Crippen molar-refractivity contribution in [3.05, 3.63) is 72.9 Å². The Bertz CT molecular complexity index is 1620. The first-order valence-electron chi connectivity index (χ1n) is 36.8. The zero-order valence-corrected chi connectivity index (χ0v) is 58.0. The molecule has 9 heteroatoms. The number of aliphatic hydroxyl groups excluding tert-OH is 1. The number of amides is 1. The van der Waals surface area contributed by atoms with Crippen LogP contribution < -0.4 is 10.2 Å². The van der Waals surface area contributed by atoms with E-state index < -0.39 is 26.6 Å². The molecule has 0 fully saturated rings. The minimum Gasteiger partial charge on any atom is -0.756 e. The fourth-order valence-electron chi connectivity index (χ4n) is 10.9. The largest absolute Gasteiger partial charge is 0.756 e. The molecule has 0 radical (unpaired) electrons. The van der Waals surface area contributed by atoms with E-state index in [-0.39, 0.29) is 12.5 Å². The summed E-state index contributed by atoms with van der Waals surface area (Å²) >= 11 is 0. The smallest absolute Gasteiger partial charge is 0.268 e. The van der Waals surface area contributed by atoms with Crippen LogP contribution >= 0.6 is 7.82 Å². The summed E-state index contributed by atoms with van der Waals surface area (Å²) in [7, 11) is 1.24. The Morgan fingerprint density at radius 2 is 0.694 bits per heavy atom. The second-order valence-electron chi connectivity index (χ2n) is 26.3. The molecule has 0 aromatic carbocycles. The van der Waals surface area contributed by atoms with Crippen LogP contribution in [0.2, 0.25) is 0 Å². The number of hydrogen-bond acceptors (Lipinski definition) is 6. The van der Waals surface area contributed by atoms with Gasteiger partial charge in [-0.3, -0.25) is 9.36 Å². The lowest BCUT2D eigenvalue weighted by Crippen LogP contribution is -2.45. The molecule has 0 spiro atoms. The molecular weight excluding hydrogens is 1070 g/mol. The number of quaternary nitrogens is 1. The van der Waals surface area contributed by atoms with Crippen LogP contribution in [0.25, 0.3) is 0 Å². The van der Waals surface area contributed by atoms with Crippen molar-refractivity contribution in [2.45, 2.75) is 366 Å². The van der Waals surface area contributed by atoms with Crippen molar-refractivity contribution >= 4 is 13.7 Å². The first kappa shape index (κ1) is 82.9. The lowest BCUT2D eigenvalue weighted by molar-refractivity contribution is -0.870. The maximum absolute atomic E-state index is 13.0. The van der Waals surface area contributed by atoms with Crippen LogP contribution in [0, 0.1) is 0 Å². The summed E-state index contributed by atoms with van der Waals surface area (Å²) in [5.74, 6) is -0.206. The maximum atomic E-state index is 13.0. The Morgan fingerprint density at radius 3 is 1.04 bits per heavy atom. The van der Waals surface area contributed by atoms with Crippen LogP contribution in [0.15, 0.2) is 72.9 Å². The molecule has 0 aromatic rings. The van der Waals surface area contributed by atoms with Crippen LogP contribution in [-0.2, 0) is 18.4 Å². The molecule has 0 aromatic heterocycles. The molecule has 0 aliphatic rings. The summed E-state index contributed by atoms with van der Waals surface area (Å²) in [6.45, 7) is 4.65. The van der Waals surface area contributed by atoms with Gasteiger partial charge >= 0.3 is 0 Å². The van der Waals surface area contributed by atoms with Gasteiger partial charge in [0.25, 0.3) is 7.82 Å². The van der Waals surface area contributed by atoms with Crippen molar-refractivity contribution < 1.29 is 32.9 Å². The number of nitrogens with one attached hydrogen (secondary N) is 1. The molecule has 0 aliphatic carbocycles. The summed E-state index contributed by atoms with van der Waals surface area (Å²) < 4.78 is 23.4. The predicted molar refractivity (Wildman–Crippen MR) is 371 cm³/mol. The zero-order chi connectivity index (χ0) is 61.9. The number of likely N-dealkylation sites (N-methyl/N-ethyl adjacent to an activating group) is 1. The molecule has 0 heterocycles. The molecule has 0 bridgehead atoms. The lowest BCUT2D eigenvalue weighted by atomic mass is 10.0. The molecule has 3 atom stereocenters. The van der Waals surface area contributed by atoms with E-state index in [2.05, 4.69) is 79.9 Å². The topological polar surface area (TPSA) is 108 Å². The van der Waals surface area contributed by atoms with Crippen molar-refractivity contribution in [3.63, 3.8) is 0 Å². The maximum Gasteiger partial charge on any atom is 0.268 e. The van der Waals surface area contributed by atoms with Gasteiger partial charge in [0.15, 0.2) is 0 Å². The van der Waals surface area contributed by atoms with Crippen LogP contribution in [0.1, 0.15) is 354 Å². The highest BCUT2D eigenvalue weighted by Gasteiger charge is 2.23. The molecule has 0 rings (SSSR count). The molecule has 0 saturated carbocycles. The number of rotatable bonds is 68. The number of phosphoric ester groups is 1. The van der Waals surface area contributed by atoms with Crippen molar-refractivity contribution in [3.8, 4) is 0 Å². The lowest BCUT2D eigenvalue weighted by Gasteiger charge is -2.29. The molecule has 8 nitrogen and oxygen atoms in total. The normalized spacial score (nSPS) is 14.0. The molecule has 85 heavy (non-hydrogen) atoms. The van der Waals surface area contributed by atoms with Crippen LogP contribution in [0.3, 0.4) is 0 Å². The first-order valence-corrected chi connectivity index (χ1v) is 38.3. The van der Waals surface area contributed by atoms with E-state index in [1.807, 2.05) is 27.2 Å². The molecule has 0 saturated heterocycles. The first-order chi connectivity index (χ1) is 41.5. The van der Waals surface area contributed by atoms with E-state index >= 15 is 0 Å². The SMILES string of the molecule is CCCCCCC/C=C\C/C=C\C/C=C\CCCCCCCCCCCCCCCCCCCCCCCCCCC(=O)NC(COP(=O)([O-])OCC[N+](C)(C)C)C(O)/C=C/CC/C=C/CC/C=C/CCCCCCCCCCCCCCCC. The van der Waals surface area contributed by atoms with Gasteiger partial charge in [-0.2, -0.15) is 0 Å². The number of hydrogen-bond donors (Lipinski definition) is 2. The summed E-state index contributed by atoms with van der Waals surface area (Å²) in [5, 5.41) is 13.9. The number of phosphoric acid groups is 1. The summed E-state index contributed by atoms with van der Waals surface area (Å²) in [6.07, 6.45) is 93.4. The highest BCUT2D eigenvalue weighted by molar-refractivity contribution is 7.45. The Labute approximate surface area is 529 Å². The van der Waals surface area contributed by atoms with Crippen molar-refractivity contribution in [2.24, 2.45) is 0 Å². The number of carbonyl (C=O) groups is 1. The van der Waals surface area contributed by atoms with Gasteiger partial charge in [0, 0.05) is 6.42 Å². The quantitative estimate of drug-likeness (QED) is 0.0272. The van der Waals surface area contributed by atoms with Crippen molar-refractivity contribution in [1.82, 2.24) is 5.32 Å². The van der Waals surface area contributed by atoms with E-state index in [9.17, 15) is 19.4 Å². The third kappa shape index (κ3) is 69.3. The number of allylic oxidation sites excluding steroid dienone is 11. The van der Waals surface area contributed by atoms with Gasteiger partial charge in [-0.05, 0) is 83.5 Å². The Kier molecular flexibility index (Phi) is 64.8. The standard InChI is InChI=1S/C76H143N2O6P/c1-6-8-10-12-14-16-18-20-22-24-26-28-30-32-33-34-35-36-37-38-39-40-41-42-43-44-45-46-48-50-52-54-56-58-60-62-64-66-68-70-76(80)77-74(73-84-85(81,82)83-72-71-78(3,4)5)75(79)69-67-65-63-61-59-57-55-53-51-49-47-31-29-27-25-23-21-19-17-15-13-11-9-7-2/h18,20,24,26,30,32,51,53,59,61,67,69,74-75,79H,6-17,19,21-23,25,27-29,31,33-50,52,54-58,60,62-66,68,70-73H2,1-5H3,(H-,77,80,81,82)/b20-18-,26-24-,32-30-,53-51+,61-59+,69-67+. The van der Waals surface area contributed by atoms with E-state index in [4.69, 9.17) is 9.05 Å². The number of nitrogens with zero attached hydrogens (tertiary/aromatic N) is 1. The van der Waals surface area contributed by atoms with Crippen molar-refractivity contribution in [1.29, 1.82) is 0 Å². The monoisotopic (exact) mass is 1210 g/mol. The molecule has 498 valence electrons. The predicted octanol–water partition coefficient (Wildman–Crippen LogP) is 23.1. The summed E-state index contributed by atoms with van der Waals surface area (Å²) in [5.41, 5.74) is 0.